The minimum Gasteiger partial charge on any atom is -0.370 e. The Bertz CT molecular complexity index is 379. The zero-order valence-corrected chi connectivity index (χ0v) is 9.26. The zero-order chi connectivity index (χ0) is 11.0. The van der Waals surface area contributed by atoms with Crippen LogP contribution in [0.15, 0.2) is 30.3 Å². The number of ether oxygens (including phenoxy) is 1. The van der Waals surface area contributed by atoms with Crippen molar-refractivity contribution in [1.29, 1.82) is 0 Å². The average Bonchev–Trinajstić information content (AvgIpc) is 2.95. The van der Waals surface area contributed by atoms with E-state index in [1.807, 2.05) is 18.2 Å². The van der Waals surface area contributed by atoms with Crippen LogP contribution in [-0.4, -0.2) is 18.5 Å². The molecule has 0 spiro atoms. The third-order valence-electron chi connectivity index (χ3n) is 3.63. The first-order valence-electron chi connectivity index (χ1n) is 6.06. The van der Waals surface area contributed by atoms with Gasteiger partial charge in [-0.3, -0.25) is 4.79 Å². The molecule has 1 saturated carbocycles. The van der Waals surface area contributed by atoms with Crippen LogP contribution in [0.1, 0.15) is 30.7 Å². The molecule has 3 atom stereocenters. The van der Waals surface area contributed by atoms with Gasteiger partial charge in [0.05, 0.1) is 0 Å². The van der Waals surface area contributed by atoms with Gasteiger partial charge in [-0.25, -0.2) is 0 Å². The summed E-state index contributed by atoms with van der Waals surface area (Å²) in [5.41, 5.74) is 1.30. The molecule has 0 amide bonds. The molecule has 0 N–H and O–H groups in total. The van der Waals surface area contributed by atoms with Crippen molar-refractivity contribution >= 4 is 5.78 Å². The molecule has 1 heterocycles. The SMILES string of the molecule is O=C(C1CCCO1)[C@H]1C[C@@H]1c1ccccc1. The van der Waals surface area contributed by atoms with Crippen LogP contribution in [0.25, 0.3) is 0 Å². The number of benzene rings is 1. The Kier molecular flexibility index (Phi) is 2.52. The fraction of sp³-hybridized carbons (Fsp3) is 0.500. The zero-order valence-electron chi connectivity index (χ0n) is 9.26. The maximum Gasteiger partial charge on any atom is 0.165 e. The van der Waals surface area contributed by atoms with Gasteiger partial charge in [0, 0.05) is 12.5 Å². The van der Waals surface area contributed by atoms with E-state index in [9.17, 15) is 4.79 Å². The lowest BCUT2D eigenvalue weighted by atomic mass is 10.0. The van der Waals surface area contributed by atoms with Crippen LogP contribution in [0.3, 0.4) is 0 Å². The van der Waals surface area contributed by atoms with Crippen LogP contribution in [-0.2, 0) is 9.53 Å². The van der Waals surface area contributed by atoms with Gasteiger partial charge in [-0.2, -0.15) is 0 Å². The molecule has 1 aromatic rings. The molecule has 2 aliphatic rings. The lowest BCUT2D eigenvalue weighted by Gasteiger charge is -2.07. The second kappa shape index (κ2) is 4.02. The molecular weight excluding hydrogens is 200 g/mol. The molecule has 3 rings (SSSR count). The summed E-state index contributed by atoms with van der Waals surface area (Å²) in [6, 6.07) is 10.3. The smallest absolute Gasteiger partial charge is 0.165 e. The summed E-state index contributed by atoms with van der Waals surface area (Å²) in [6.07, 6.45) is 2.89. The minimum atomic E-state index is -0.0984. The van der Waals surface area contributed by atoms with Crippen LogP contribution in [0.4, 0.5) is 0 Å². The summed E-state index contributed by atoms with van der Waals surface area (Å²) in [6.45, 7) is 0.763. The van der Waals surface area contributed by atoms with Crippen molar-refractivity contribution in [2.75, 3.05) is 6.61 Å². The number of ketones is 1. The van der Waals surface area contributed by atoms with Crippen molar-refractivity contribution < 1.29 is 9.53 Å². The summed E-state index contributed by atoms with van der Waals surface area (Å²) in [5, 5.41) is 0. The molecule has 1 aliphatic carbocycles. The van der Waals surface area contributed by atoms with Crippen molar-refractivity contribution in [3.63, 3.8) is 0 Å². The van der Waals surface area contributed by atoms with Crippen molar-refractivity contribution in [3.05, 3.63) is 35.9 Å². The Morgan fingerprint density at radius 2 is 2.06 bits per heavy atom. The third-order valence-corrected chi connectivity index (χ3v) is 3.63. The Morgan fingerprint density at radius 3 is 2.75 bits per heavy atom. The van der Waals surface area contributed by atoms with Crippen molar-refractivity contribution in [2.24, 2.45) is 5.92 Å². The molecular formula is C14H16O2. The van der Waals surface area contributed by atoms with Gasteiger partial charge in [0.15, 0.2) is 5.78 Å². The second-order valence-corrected chi connectivity index (χ2v) is 4.76. The highest BCUT2D eigenvalue weighted by molar-refractivity contribution is 5.89. The van der Waals surface area contributed by atoms with Crippen LogP contribution < -0.4 is 0 Å². The van der Waals surface area contributed by atoms with Gasteiger partial charge in [-0.15, -0.1) is 0 Å². The monoisotopic (exact) mass is 216 g/mol. The fourth-order valence-corrected chi connectivity index (χ4v) is 2.62. The molecule has 2 heteroatoms. The number of rotatable bonds is 3. The highest BCUT2D eigenvalue weighted by Crippen LogP contribution is 2.49. The van der Waals surface area contributed by atoms with E-state index in [1.165, 1.54) is 5.56 Å². The van der Waals surface area contributed by atoms with E-state index < -0.39 is 0 Å². The van der Waals surface area contributed by atoms with E-state index in [0.717, 1.165) is 25.9 Å². The van der Waals surface area contributed by atoms with Gasteiger partial charge >= 0.3 is 0 Å². The lowest BCUT2D eigenvalue weighted by Crippen LogP contribution is -2.21. The molecule has 1 saturated heterocycles. The van der Waals surface area contributed by atoms with E-state index in [4.69, 9.17) is 4.74 Å². The molecule has 1 aromatic carbocycles. The van der Waals surface area contributed by atoms with Gasteiger partial charge < -0.3 is 4.74 Å². The fourth-order valence-electron chi connectivity index (χ4n) is 2.62. The predicted octanol–water partition coefficient (Wildman–Crippen LogP) is 2.54. The third kappa shape index (κ3) is 1.78. The Morgan fingerprint density at radius 1 is 1.25 bits per heavy atom. The van der Waals surface area contributed by atoms with E-state index >= 15 is 0 Å². The standard InChI is InChI=1S/C14H16O2/c15-14(13-7-4-8-16-13)12-9-11(12)10-5-2-1-3-6-10/h1-3,5-6,11-13H,4,7-9H2/t11-,12+,13?/m1/s1. The van der Waals surface area contributed by atoms with Crippen molar-refractivity contribution in [3.8, 4) is 0 Å². The van der Waals surface area contributed by atoms with E-state index in [-0.39, 0.29) is 12.0 Å². The number of carbonyl (C=O) groups is 1. The van der Waals surface area contributed by atoms with Gasteiger partial charge in [0.1, 0.15) is 6.10 Å². The van der Waals surface area contributed by atoms with Crippen LogP contribution in [0.2, 0.25) is 0 Å². The molecule has 2 fully saturated rings. The maximum atomic E-state index is 12.1. The number of hydrogen-bond acceptors (Lipinski definition) is 2. The van der Waals surface area contributed by atoms with Crippen LogP contribution in [0.5, 0.6) is 0 Å². The van der Waals surface area contributed by atoms with Gasteiger partial charge in [-0.1, -0.05) is 30.3 Å². The van der Waals surface area contributed by atoms with E-state index in [0.29, 0.717) is 11.7 Å². The summed E-state index contributed by atoms with van der Waals surface area (Å²) in [7, 11) is 0. The molecule has 84 valence electrons. The quantitative estimate of drug-likeness (QED) is 0.776. The van der Waals surface area contributed by atoms with Crippen LogP contribution >= 0.6 is 0 Å². The van der Waals surface area contributed by atoms with Gasteiger partial charge in [0.2, 0.25) is 0 Å². The summed E-state index contributed by atoms with van der Waals surface area (Å²) in [5.74, 6) is 1.02. The Balaban J connectivity index is 1.65. The van der Waals surface area contributed by atoms with Crippen LogP contribution in [0, 0.1) is 5.92 Å². The first-order chi connectivity index (χ1) is 7.86. The van der Waals surface area contributed by atoms with Gasteiger partial charge in [-0.05, 0) is 30.7 Å². The summed E-state index contributed by atoms with van der Waals surface area (Å²) < 4.78 is 5.45. The second-order valence-electron chi connectivity index (χ2n) is 4.76. The average molecular weight is 216 g/mol. The summed E-state index contributed by atoms with van der Waals surface area (Å²) in [4.78, 5) is 12.1. The van der Waals surface area contributed by atoms with Crippen molar-refractivity contribution in [2.45, 2.75) is 31.3 Å². The number of Topliss-reactive ketones (excluding diaryl/α,β-unsaturated/α-hetero) is 1. The largest absolute Gasteiger partial charge is 0.370 e. The van der Waals surface area contributed by atoms with Crippen molar-refractivity contribution in [1.82, 2.24) is 0 Å². The normalized spacial score (nSPS) is 32.6. The molecule has 0 bridgehead atoms. The molecule has 0 radical (unpaired) electrons. The first kappa shape index (κ1) is 10.0. The first-order valence-corrected chi connectivity index (χ1v) is 6.06. The van der Waals surface area contributed by atoms with E-state index in [1.54, 1.807) is 0 Å². The topological polar surface area (TPSA) is 26.3 Å². The minimum absolute atomic E-state index is 0.0984. The molecule has 1 unspecified atom stereocenters. The highest BCUT2D eigenvalue weighted by atomic mass is 16.5. The number of carbonyl (C=O) groups excluding carboxylic acids is 1. The Labute approximate surface area is 95.6 Å². The molecule has 2 nitrogen and oxygen atoms in total. The molecule has 0 aromatic heterocycles. The lowest BCUT2D eigenvalue weighted by molar-refractivity contribution is -0.129. The molecule has 1 aliphatic heterocycles. The maximum absolute atomic E-state index is 12.1. The summed E-state index contributed by atoms with van der Waals surface area (Å²) >= 11 is 0. The van der Waals surface area contributed by atoms with Gasteiger partial charge in [0.25, 0.3) is 0 Å². The molecule has 16 heavy (non-hydrogen) atoms. The van der Waals surface area contributed by atoms with E-state index in [2.05, 4.69) is 12.1 Å². The Hall–Kier alpha value is -1.15. The highest BCUT2D eigenvalue weighted by Gasteiger charge is 2.46. The predicted molar refractivity (Wildman–Crippen MR) is 61.3 cm³/mol. The number of hydrogen-bond donors (Lipinski definition) is 0.